The molecule has 0 aromatic heterocycles. The van der Waals surface area contributed by atoms with Gasteiger partial charge in [-0.25, -0.2) is 13.2 Å². The maximum Gasteiger partial charge on any atom is 0.340 e. The van der Waals surface area contributed by atoms with E-state index in [4.69, 9.17) is 0 Å². The van der Waals surface area contributed by atoms with E-state index in [0.29, 0.717) is 4.47 Å². The van der Waals surface area contributed by atoms with Gasteiger partial charge in [0.2, 0.25) is 10.0 Å². The molecule has 5 nitrogen and oxygen atoms in total. The van der Waals surface area contributed by atoms with Crippen LogP contribution >= 0.6 is 15.9 Å². The summed E-state index contributed by atoms with van der Waals surface area (Å²) in [6.45, 7) is 3.59. The summed E-state index contributed by atoms with van der Waals surface area (Å²) in [4.78, 5) is 11.7. The maximum absolute atomic E-state index is 11.8. The van der Waals surface area contributed by atoms with Crippen LogP contribution in [0.15, 0.2) is 35.3 Å². The minimum Gasteiger partial charge on any atom is -0.465 e. The van der Waals surface area contributed by atoms with Gasteiger partial charge in [-0.15, -0.1) is 6.58 Å². The number of hydrogen-bond acceptors (Lipinski definition) is 4. The summed E-state index contributed by atoms with van der Waals surface area (Å²) in [5, 5.41) is 0. The molecule has 0 N–H and O–H groups in total. The third-order valence-corrected chi connectivity index (χ3v) is 3.97. The fraction of sp³-hybridized carbons (Fsp3) is 0.250. The van der Waals surface area contributed by atoms with E-state index in [-0.39, 0.29) is 17.8 Å². The Kier molecular flexibility index (Phi) is 5.13. The molecule has 1 aromatic carbocycles. The fourth-order valence-electron chi connectivity index (χ4n) is 1.52. The van der Waals surface area contributed by atoms with Crippen LogP contribution in [0.4, 0.5) is 5.69 Å². The molecule has 0 saturated heterocycles. The molecule has 0 radical (unpaired) electrons. The molecule has 0 amide bonds. The van der Waals surface area contributed by atoms with Crippen molar-refractivity contribution in [1.29, 1.82) is 0 Å². The molecule has 0 heterocycles. The van der Waals surface area contributed by atoms with Crippen molar-refractivity contribution >= 4 is 37.6 Å². The zero-order valence-electron chi connectivity index (χ0n) is 10.6. The third kappa shape index (κ3) is 3.81. The molecule has 0 saturated carbocycles. The predicted molar refractivity (Wildman–Crippen MR) is 77.9 cm³/mol. The van der Waals surface area contributed by atoms with Crippen LogP contribution in [-0.2, 0) is 14.8 Å². The second-order valence-electron chi connectivity index (χ2n) is 3.74. The van der Waals surface area contributed by atoms with Crippen molar-refractivity contribution in [3.63, 3.8) is 0 Å². The van der Waals surface area contributed by atoms with Gasteiger partial charge in [0.1, 0.15) is 0 Å². The summed E-state index contributed by atoms with van der Waals surface area (Å²) in [6, 6.07) is 4.70. The van der Waals surface area contributed by atoms with E-state index < -0.39 is 16.0 Å². The van der Waals surface area contributed by atoms with Gasteiger partial charge in [0.15, 0.2) is 0 Å². The quantitative estimate of drug-likeness (QED) is 0.604. The van der Waals surface area contributed by atoms with Gasteiger partial charge < -0.3 is 4.74 Å². The fourth-order valence-corrected chi connectivity index (χ4v) is 2.76. The molecule has 0 aliphatic rings. The molecule has 19 heavy (non-hydrogen) atoms. The summed E-state index contributed by atoms with van der Waals surface area (Å²) in [7, 11) is -2.29. The Hall–Kier alpha value is -1.34. The van der Waals surface area contributed by atoms with Gasteiger partial charge in [-0.1, -0.05) is 22.0 Å². The van der Waals surface area contributed by atoms with Crippen LogP contribution in [-0.4, -0.2) is 34.3 Å². The van der Waals surface area contributed by atoms with Gasteiger partial charge in [-0.3, -0.25) is 4.31 Å². The van der Waals surface area contributed by atoms with Crippen LogP contribution in [0.1, 0.15) is 10.4 Å². The Balaban J connectivity index is 3.48. The first-order valence-electron chi connectivity index (χ1n) is 5.27. The summed E-state index contributed by atoms with van der Waals surface area (Å²) in [5.74, 6) is -0.597. The van der Waals surface area contributed by atoms with Crippen molar-refractivity contribution in [2.45, 2.75) is 0 Å². The summed E-state index contributed by atoms with van der Waals surface area (Å²) < 4.78 is 30.0. The molecule has 0 spiro atoms. The number of ether oxygens (including phenoxy) is 1. The topological polar surface area (TPSA) is 63.7 Å². The van der Waals surface area contributed by atoms with E-state index in [1.807, 2.05) is 0 Å². The molecule has 1 aromatic rings. The van der Waals surface area contributed by atoms with Crippen molar-refractivity contribution in [3.8, 4) is 0 Å². The molecule has 0 aliphatic carbocycles. The van der Waals surface area contributed by atoms with Gasteiger partial charge in [0, 0.05) is 4.47 Å². The van der Waals surface area contributed by atoms with Crippen molar-refractivity contribution in [3.05, 3.63) is 40.9 Å². The molecule has 0 atom stereocenters. The highest BCUT2D eigenvalue weighted by molar-refractivity contribution is 9.10. The number of benzene rings is 1. The highest BCUT2D eigenvalue weighted by Gasteiger charge is 2.23. The highest BCUT2D eigenvalue weighted by Crippen LogP contribution is 2.27. The lowest BCUT2D eigenvalue weighted by molar-refractivity contribution is 0.0601. The molecule has 1 rings (SSSR count). The summed E-state index contributed by atoms with van der Waals surface area (Å²) in [5.41, 5.74) is 0.432. The lowest BCUT2D eigenvalue weighted by atomic mass is 10.2. The zero-order chi connectivity index (χ0) is 14.6. The molecular weight excluding hydrogens is 334 g/mol. The van der Waals surface area contributed by atoms with Crippen LogP contribution in [0.5, 0.6) is 0 Å². The molecule has 0 fully saturated rings. The molecule has 104 valence electrons. The molecule has 0 unspecified atom stereocenters. The van der Waals surface area contributed by atoms with Crippen molar-refractivity contribution < 1.29 is 17.9 Å². The van der Waals surface area contributed by atoms with Crippen LogP contribution in [0.25, 0.3) is 0 Å². The number of esters is 1. The van der Waals surface area contributed by atoms with E-state index in [1.54, 1.807) is 12.1 Å². The SMILES string of the molecule is C=CCN(c1cc(Br)ccc1C(=O)OC)S(C)(=O)=O. The first-order valence-corrected chi connectivity index (χ1v) is 7.92. The van der Waals surface area contributed by atoms with Crippen LogP contribution in [0, 0.1) is 0 Å². The number of nitrogens with zero attached hydrogens (tertiary/aromatic N) is 1. The summed E-state index contributed by atoms with van der Waals surface area (Å²) >= 11 is 3.25. The second-order valence-corrected chi connectivity index (χ2v) is 6.56. The van der Waals surface area contributed by atoms with E-state index in [1.165, 1.54) is 19.3 Å². The number of carbonyl (C=O) groups excluding carboxylic acids is 1. The highest BCUT2D eigenvalue weighted by atomic mass is 79.9. The smallest absolute Gasteiger partial charge is 0.340 e. The Morgan fingerprint density at radius 1 is 1.53 bits per heavy atom. The van der Waals surface area contributed by atoms with Crippen molar-refractivity contribution in [2.24, 2.45) is 0 Å². The third-order valence-electron chi connectivity index (χ3n) is 2.33. The normalized spacial score (nSPS) is 10.9. The van der Waals surface area contributed by atoms with Gasteiger partial charge in [0.25, 0.3) is 0 Å². The van der Waals surface area contributed by atoms with E-state index in [2.05, 4.69) is 27.2 Å². The molecular formula is C12H14BrNO4S. The standard InChI is InChI=1S/C12H14BrNO4S/c1-4-7-14(19(3,16)17)11-8-9(13)5-6-10(11)12(15)18-2/h4-6,8H,1,7H2,2-3H3. The minimum atomic E-state index is -3.53. The van der Waals surface area contributed by atoms with Gasteiger partial charge in [-0.05, 0) is 18.2 Å². The van der Waals surface area contributed by atoms with Gasteiger partial charge in [0.05, 0.1) is 31.2 Å². The Labute approximate surface area is 121 Å². The zero-order valence-corrected chi connectivity index (χ0v) is 13.0. The van der Waals surface area contributed by atoms with Crippen molar-refractivity contribution in [1.82, 2.24) is 0 Å². The monoisotopic (exact) mass is 347 g/mol. The largest absolute Gasteiger partial charge is 0.465 e. The van der Waals surface area contributed by atoms with Gasteiger partial charge in [-0.2, -0.15) is 0 Å². The van der Waals surface area contributed by atoms with Crippen molar-refractivity contribution in [2.75, 3.05) is 24.2 Å². The number of halogens is 1. The number of methoxy groups -OCH3 is 1. The summed E-state index contributed by atoms with van der Waals surface area (Å²) in [6.07, 6.45) is 2.52. The van der Waals surface area contributed by atoms with Crippen LogP contribution in [0.3, 0.4) is 0 Å². The lowest BCUT2D eigenvalue weighted by Gasteiger charge is -2.23. The molecule has 7 heteroatoms. The van der Waals surface area contributed by atoms with E-state index in [9.17, 15) is 13.2 Å². The second kappa shape index (κ2) is 6.21. The average Bonchev–Trinajstić information content (AvgIpc) is 2.33. The Bertz CT molecular complexity index is 598. The van der Waals surface area contributed by atoms with E-state index in [0.717, 1.165) is 10.6 Å². The average molecular weight is 348 g/mol. The predicted octanol–water partition coefficient (Wildman–Crippen LogP) is 2.19. The Morgan fingerprint density at radius 2 is 2.16 bits per heavy atom. The number of anilines is 1. The first kappa shape index (κ1) is 15.7. The lowest BCUT2D eigenvalue weighted by Crippen LogP contribution is -2.31. The Morgan fingerprint density at radius 3 is 2.63 bits per heavy atom. The van der Waals surface area contributed by atoms with Gasteiger partial charge >= 0.3 is 5.97 Å². The van der Waals surface area contributed by atoms with E-state index >= 15 is 0 Å². The van der Waals surface area contributed by atoms with Crippen LogP contribution in [0.2, 0.25) is 0 Å². The maximum atomic E-state index is 11.8. The van der Waals surface area contributed by atoms with Crippen LogP contribution < -0.4 is 4.31 Å². The minimum absolute atomic E-state index is 0.0687. The number of sulfonamides is 1. The first-order chi connectivity index (χ1) is 8.81. The number of rotatable bonds is 5. The number of hydrogen-bond donors (Lipinski definition) is 0. The molecule has 0 aliphatic heterocycles. The molecule has 0 bridgehead atoms. The number of carbonyl (C=O) groups is 1.